The molecule has 52 valence electrons. The largest absolute Gasteiger partial charge is 0.391 e. The van der Waals surface area contributed by atoms with Gasteiger partial charge in [0.25, 0.3) is 0 Å². The molecule has 8 heavy (non-hydrogen) atoms. The average Bonchev–Trinajstić information content (AvgIpc) is 1.69. The molecule has 0 spiro atoms. The highest BCUT2D eigenvalue weighted by atomic mass is 35.5. The van der Waals surface area contributed by atoms with Crippen LogP contribution in [0.3, 0.4) is 0 Å². The van der Waals surface area contributed by atoms with Crippen molar-refractivity contribution in [2.24, 2.45) is 0 Å². The number of halogens is 3. The van der Waals surface area contributed by atoms with E-state index < -0.39 is 12.8 Å². The van der Waals surface area contributed by atoms with E-state index in [1.54, 1.807) is 0 Å². The van der Waals surface area contributed by atoms with Crippen LogP contribution in [0.2, 0.25) is 0 Å². The second kappa shape index (κ2) is 10.5. The van der Waals surface area contributed by atoms with E-state index in [1.807, 2.05) is 0 Å². The molecule has 4 heteroatoms. The van der Waals surface area contributed by atoms with Gasteiger partial charge in [-0.3, -0.25) is 0 Å². The van der Waals surface area contributed by atoms with Gasteiger partial charge in [-0.1, -0.05) is 0 Å². The van der Waals surface area contributed by atoms with Crippen molar-refractivity contribution in [1.29, 1.82) is 0 Å². The van der Waals surface area contributed by atoms with Crippen LogP contribution in [0.5, 0.6) is 0 Å². The summed E-state index contributed by atoms with van der Waals surface area (Å²) in [4.78, 5) is 0. The molecule has 0 amide bonds. The molecule has 0 aliphatic carbocycles. The molecule has 0 saturated heterocycles. The molecular weight excluding hydrogens is 154 g/mol. The molecule has 0 saturated carbocycles. The van der Waals surface area contributed by atoms with Crippen LogP contribution in [0.4, 0.5) is 4.39 Å². The van der Waals surface area contributed by atoms with E-state index in [0.717, 1.165) is 0 Å². The van der Waals surface area contributed by atoms with E-state index in [1.165, 1.54) is 6.92 Å². The Balaban J connectivity index is 0. The lowest BCUT2D eigenvalue weighted by Gasteiger charge is -1.87. The molecule has 1 atom stereocenters. The third kappa shape index (κ3) is 31.7. The third-order valence-corrected chi connectivity index (χ3v) is 0.223. The Kier molecular flexibility index (Phi) is 14.7. The standard InChI is InChI=1S/C3H7FO.CH2Cl2/c1-3(5)2-4;2-1-3/h3,5H,2H2,1H3;1H2. The normalized spacial score (nSPS) is 11.6. The monoisotopic (exact) mass is 162 g/mol. The second-order valence-corrected chi connectivity index (χ2v) is 1.91. The molecule has 0 rings (SSSR count). The van der Waals surface area contributed by atoms with E-state index in [4.69, 9.17) is 28.3 Å². The lowest BCUT2D eigenvalue weighted by molar-refractivity contribution is 0.158. The number of alkyl halides is 3. The zero-order valence-corrected chi connectivity index (χ0v) is 6.08. The van der Waals surface area contributed by atoms with Gasteiger partial charge in [0, 0.05) is 0 Å². The summed E-state index contributed by atoms with van der Waals surface area (Å²) in [5, 5.41) is 8.18. The molecule has 0 aromatic carbocycles. The highest BCUT2D eigenvalue weighted by Gasteiger charge is 1.85. The van der Waals surface area contributed by atoms with Crippen LogP contribution in [0.15, 0.2) is 0 Å². The van der Waals surface area contributed by atoms with Crippen molar-refractivity contribution in [3.8, 4) is 0 Å². The topological polar surface area (TPSA) is 20.2 Å². The minimum Gasteiger partial charge on any atom is -0.391 e. The summed E-state index contributed by atoms with van der Waals surface area (Å²) in [7, 11) is 0. The van der Waals surface area contributed by atoms with Crippen molar-refractivity contribution >= 4 is 23.2 Å². The number of hydrogen-bond donors (Lipinski definition) is 1. The molecule has 0 radical (unpaired) electrons. The zero-order valence-electron chi connectivity index (χ0n) is 4.57. The fourth-order valence-electron chi connectivity index (χ4n) is 0. The molecule has 1 unspecified atom stereocenters. The van der Waals surface area contributed by atoms with Gasteiger partial charge < -0.3 is 5.11 Å². The molecule has 0 aromatic rings. The van der Waals surface area contributed by atoms with Gasteiger partial charge in [-0.2, -0.15) is 0 Å². The summed E-state index contributed by atoms with van der Waals surface area (Å²) in [5.74, 6) is 0. The second-order valence-electron chi connectivity index (χ2n) is 1.10. The van der Waals surface area contributed by atoms with Crippen molar-refractivity contribution in [2.75, 3.05) is 12.0 Å². The molecule has 0 fully saturated rings. The summed E-state index contributed by atoms with van der Waals surface area (Å²) >= 11 is 9.53. The Hall–Kier alpha value is 0.470. The van der Waals surface area contributed by atoms with Crippen LogP contribution >= 0.6 is 23.2 Å². The Morgan fingerprint density at radius 1 is 1.62 bits per heavy atom. The summed E-state index contributed by atoms with van der Waals surface area (Å²) in [6.45, 7) is 0.764. The number of hydrogen-bond acceptors (Lipinski definition) is 1. The SMILES string of the molecule is CC(O)CF.ClCCl. The van der Waals surface area contributed by atoms with Gasteiger partial charge in [-0.15, -0.1) is 23.2 Å². The van der Waals surface area contributed by atoms with Crippen molar-refractivity contribution in [3.05, 3.63) is 0 Å². The van der Waals surface area contributed by atoms with E-state index in [2.05, 4.69) is 0 Å². The first kappa shape index (κ1) is 11.3. The van der Waals surface area contributed by atoms with E-state index in [9.17, 15) is 4.39 Å². The Morgan fingerprint density at radius 2 is 1.75 bits per heavy atom. The summed E-state index contributed by atoms with van der Waals surface area (Å²) < 4.78 is 10.9. The maximum absolute atomic E-state index is 10.9. The molecular formula is C4H9Cl2FO. The molecule has 0 aliphatic rings. The van der Waals surface area contributed by atoms with Crippen molar-refractivity contribution in [2.45, 2.75) is 13.0 Å². The summed E-state index contributed by atoms with van der Waals surface area (Å²) in [6, 6.07) is 0. The number of rotatable bonds is 1. The summed E-state index contributed by atoms with van der Waals surface area (Å²) in [5.41, 5.74) is 0. The van der Waals surface area contributed by atoms with Gasteiger partial charge in [0.2, 0.25) is 0 Å². The lowest BCUT2D eigenvalue weighted by Crippen LogP contribution is -1.99. The minimum absolute atomic E-state index is 0.194. The van der Waals surface area contributed by atoms with Gasteiger partial charge in [0.1, 0.15) is 6.67 Å². The van der Waals surface area contributed by atoms with Crippen LogP contribution in [0.25, 0.3) is 0 Å². The van der Waals surface area contributed by atoms with Crippen LogP contribution in [0, 0.1) is 0 Å². The van der Waals surface area contributed by atoms with Gasteiger partial charge >= 0.3 is 0 Å². The van der Waals surface area contributed by atoms with Gasteiger partial charge in [-0.25, -0.2) is 4.39 Å². The maximum atomic E-state index is 10.9. The number of aliphatic hydroxyl groups is 1. The molecule has 0 aliphatic heterocycles. The molecule has 0 bridgehead atoms. The summed E-state index contributed by atoms with van der Waals surface area (Å²) in [6.07, 6.45) is -0.782. The smallest absolute Gasteiger partial charge is 0.115 e. The molecule has 1 N–H and O–H groups in total. The maximum Gasteiger partial charge on any atom is 0.115 e. The Bertz CT molecular complexity index is 35.2. The lowest BCUT2D eigenvalue weighted by atomic mass is 10.5. The van der Waals surface area contributed by atoms with Crippen LogP contribution in [-0.4, -0.2) is 23.2 Å². The fraction of sp³-hybridized carbons (Fsp3) is 1.00. The number of aliphatic hydroxyl groups excluding tert-OH is 1. The predicted octanol–water partition coefficient (Wildman–Crippen LogP) is 1.76. The highest BCUT2D eigenvalue weighted by Crippen LogP contribution is 1.75. The van der Waals surface area contributed by atoms with Crippen molar-refractivity contribution in [3.63, 3.8) is 0 Å². The minimum atomic E-state index is -0.782. The van der Waals surface area contributed by atoms with Gasteiger partial charge in [-0.05, 0) is 6.92 Å². The van der Waals surface area contributed by atoms with Crippen LogP contribution in [0.1, 0.15) is 6.92 Å². The fourth-order valence-corrected chi connectivity index (χ4v) is 0. The van der Waals surface area contributed by atoms with Gasteiger partial charge in [0.05, 0.1) is 11.4 Å². The van der Waals surface area contributed by atoms with E-state index in [-0.39, 0.29) is 5.34 Å². The third-order valence-electron chi connectivity index (χ3n) is 0.223. The Labute approximate surface area is 58.4 Å². The molecule has 1 nitrogen and oxygen atoms in total. The van der Waals surface area contributed by atoms with Crippen LogP contribution in [-0.2, 0) is 0 Å². The van der Waals surface area contributed by atoms with Crippen LogP contribution < -0.4 is 0 Å². The first-order valence-corrected chi connectivity index (χ1v) is 3.11. The molecule has 0 heterocycles. The van der Waals surface area contributed by atoms with Gasteiger partial charge in [0.15, 0.2) is 0 Å². The predicted molar refractivity (Wildman–Crippen MR) is 34.2 cm³/mol. The van der Waals surface area contributed by atoms with Crippen molar-refractivity contribution < 1.29 is 9.50 Å². The van der Waals surface area contributed by atoms with E-state index in [0.29, 0.717) is 0 Å². The quantitative estimate of drug-likeness (QED) is 0.584. The Morgan fingerprint density at radius 3 is 1.75 bits per heavy atom. The first-order valence-electron chi connectivity index (χ1n) is 2.05. The average molecular weight is 163 g/mol. The van der Waals surface area contributed by atoms with E-state index >= 15 is 0 Å². The molecule has 0 aromatic heterocycles. The van der Waals surface area contributed by atoms with Crippen molar-refractivity contribution in [1.82, 2.24) is 0 Å². The highest BCUT2D eigenvalue weighted by molar-refractivity contribution is 6.40. The first-order chi connectivity index (χ1) is 3.68. The zero-order chi connectivity index (χ0) is 6.99.